The summed E-state index contributed by atoms with van der Waals surface area (Å²) < 4.78 is 13.3. The van der Waals surface area contributed by atoms with Gasteiger partial charge in [-0.1, -0.05) is 0 Å². The van der Waals surface area contributed by atoms with Gasteiger partial charge in [-0.25, -0.2) is 4.79 Å². The van der Waals surface area contributed by atoms with Gasteiger partial charge >= 0.3 is 5.97 Å². The third-order valence-electron chi connectivity index (χ3n) is 4.14. The number of ether oxygens (including phenoxy) is 2. The number of thiophene rings is 1. The van der Waals surface area contributed by atoms with Crippen LogP contribution >= 0.6 is 11.3 Å². The highest BCUT2D eigenvalue weighted by molar-refractivity contribution is 7.19. The number of nitrogens with one attached hydrogen (secondary N) is 1. The number of methoxy groups -OCH3 is 1. The molecule has 142 valence electrons. The molecule has 0 fully saturated rings. The normalized spacial score (nSPS) is 12.1. The largest absolute Gasteiger partial charge is 0.443 e. The standard InChI is InChI=1S/C19H21N3O4S/c1-12-10-14-16(27-12)11-15(22(14)2)19(24)26-17(13-4-6-20-7-5-13)18(23)21-8-9-25-3/h4-7,10-11,17H,8-9H2,1-3H3,(H,21,23)/t17-/m1/s1. The number of hydrogen-bond acceptors (Lipinski definition) is 6. The van der Waals surface area contributed by atoms with Gasteiger partial charge in [0.1, 0.15) is 5.69 Å². The first-order chi connectivity index (χ1) is 13.0. The summed E-state index contributed by atoms with van der Waals surface area (Å²) in [5.74, 6) is -0.958. The lowest BCUT2D eigenvalue weighted by Gasteiger charge is -2.18. The van der Waals surface area contributed by atoms with Crippen molar-refractivity contribution in [3.8, 4) is 0 Å². The number of esters is 1. The second-order valence-corrected chi connectivity index (χ2v) is 7.33. The highest BCUT2D eigenvalue weighted by atomic mass is 32.1. The van der Waals surface area contributed by atoms with Gasteiger partial charge in [0.05, 0.1) is 16.8 Å². The Labute approximate surface area is 160 Å². The van der Waals surface area contributed by atoms with Crippen LogP contribution in [0.15, 0.2) is 36.7 Å². The van der Waals surface area contributed by atoms with E-state index in [2.05, 4.69) is 10.3 Å². The first kappa shape index (κ1) is 19.1. The number of aromatic nitrogens is 2. The van der Waals surface area contributed by atoms with E-state index in [1.165, 1.54) is 4.88 Å². The molecule has 0 saturated carbocycles. The smallest absolute Gasteiger partial charge is 0.356 e. The van der Waals surface area contributed by atoms with Gasteiger partial charge in [-0.3, -0.25) is 9.78 Å². The third kappa shape index (κ3) is 4.17. The van der Waals surface area contributed by atoms with Gasteiger partial charge in [0.2, 0.25) is 6.10 Å². The fourth-order valence-corrected chi connectivity index (χ4v) is 3.77. The zero-order chi connectivity index (χ0) is 19.4. The lowest BCUT2D eigenvalue weighted by molar-refractivity contribution is -0.130. The van der Waals surface area contributed by atoms with Crippen molar-refractivity contribution in [1.82, 2.24) is 14.9 Å². The molecular formula is C19H21N3O4S. The number of fused-ring (bicyclic) bond motifs is 1. The van der Waals surface area contributed by atoms with Crippen molar-refractivity contribution >= 4 is 33.4 Å². The van der Waals surface area contributed by atoms with Crippen LogP contribution in [0.5, 0.6) is 0 Å². The summed E-state index contributed by atoms with van der Waals surface area (Å²) in [7, 11) is 3.36. The molecule has 0 bridgehead atoms. The fourth-order valence-electron chi connectivity index (χ4n) is 2.78. The van der Waals surface area contributed by atoms with E-state index in [-0.39, 0.29) is 0 Å². The maximum absolute atomic E-state index is 12.8. The van der Waals surface area contributed by atoms with Crippen molar-refractivity contribution in [3.05, 3.63) is 52.8 Å². The first-order valence-electron chi connectivity index (χ1n) is 8.44. The molecule has 3 rings (SSSR count). The van der Waals surface area contributed by atoms with Crippen LogP contribution in [0.25, 0.3) is 10.2 Å². The molecule has 0 radical (unpaired) electrons. The lowest BCUT2D eigenvalue weighted by Crippen LogP contribution is -2.34. The summed E-state index contributed by atoms with van der Waals surface area (Å²) in [5.41, 5.74) is 1.93. The predicted octanol–water partition coefficient (Wildman–Crippen LogP) is 2.60. The number of nitrogens with zero attached hydrogens (tertiary/aromatic N) is 2. The molecule has 7 nitrogen and oxygen atoms in total. The second kappa shape index (κ2) is 8.32. The molecule has 0 aliphatic carbocycles. The Morgan fingerprint density at radius 1 is 1.30 bits per heavy atom. The van der Waals surface area contributed by atoms with E-state index < -0.39 is 18.0 Å². The average Bonchev–Trinajstić information content (AvgIpc) is 3.17. The molecular weight excluding hydrogens is 366 g/mol. The maximum atomic E-state index is 12.8. The monoisotopic (exact) mass is 387 g/mol. The molecule has 8 heteroatoms. The van der Waals surface area contributed by atoms with Crippen molar-refractivity contribution in [2.45, 2.75) is 13.0 Å². The molecule has 27 heavy (non-hydrogen) atoms. The SMILES string of the molecule is COCCNC(=O)[C@H](OC(=O)c1cc2sc(C)cc2n1C)c1ccncc1. The number of rotatable bonds is 7. The highest BCUT2D eigenvalue weighted by Gasteiger charge is 2.27. The number of pyridine rings is 1. The number of aryl methyl sites for hydroxylation is 2. The Morgan fingerprint density at radius 2 is 2.04 bits per heavy atom. The van der Waals surface area contributed by atoms with E-state index in [4.69, 9.17) is 9.47 Å². The molecule has 0 unspecified atom stereocenters. The molecule has 1 atom stereocenters. The summed E-state index contributed by atoms with van der Waals surface area (Å²) in [6.45, 7) is 2.72. The van der Waals surface area contributed by atoms with E-state index in [0.29, 0.717) is 24.4 Å². The third-order valence-corrected chi connectivity index (χ3v) is 5.13. The molecule has 0 saturated heterocycles. The Hall–Kier alpha value is -2.71. The second-order valence-electron chi connectivity index (χ2n) is 6.04. The maximum Gasteiger partial charge on any atom is 0.356 e. The van der Waals surface area contributed by atoms with Gasteiger partial charge in [-0.15, -0.1) is 11.3 Å². The van der Waals surface area contributed by atoms with Crippen molar-refractivity contribution in [2.75, 3.05) is 20.3 Å². The summed E-state index contributed by atoms with van der Waals surface area (Å²) in [6.07, 6.45) is 2.05. The Bertz CT molecular complexity index is 949. The molecule has 3 aromatic rings. The van der Waals surface area contributed by atoms with Crippen LogP contribution in [0.2, 0.25) is 0 Å². The predicted molar refractivity (Wildman–Crippen MR) is 103 cm³/mol. The van der Waals surface area contributed by atoms with Crippen LogP contribution in [0.1, 0.15) is 27.0 Å². The van der Waals surface area contributed by atoms with Crippen LogP contribution < -0.4 is 5.32 Å². The van der Waals surface area contributed by atoms with Gasteiger partial charge in [0, 0.05) is 43.5 Å². The number of amides is 1. The molecule has 0 aliphatic rings. The first-order valence-corrected chi connectivity index (χ1v) is 9.26. The summed E-state index contributed by atoms with van der Waals surface area (Å²) in [4.78, 5) is 30.5. The Kier molecular flexibility index (Phi) is 5.88. The minimum atomic E-state index is -1.06. The lowest BCUT2D eigenvalue weighted by atomic mass is 10.1. The van der Waals surface area contributed by atoms with Crippen molar-refractivity contribution in [1.29, 1.82) is 0 Å². The summed E-state index contributed by atoms with van der Waals surface area (Å²) >= 11 is 1.61. The average molecular weight is 387 g/mol. The molecule has 0 aliphatic heterocycles. The van der Waals surface area contributed by atoms with Gasteiger partial charge in [0.15, 0.2) is 0 Å². The zero-order valence-electron chi connectivity index (χ0n) is 15.4. The van der Waals surface area contributed by atoms with Gasteiger partial charge in [-0.05, 0) is 31.2 Å². The molecule has 0 aromatic carbocycles. The number of carbonyl (C=O) groups is 2. The molecule has 3 heterocycles. The number of carbonyl (C=O) groups excluding carboxylic acids is 2. The van der Waals surface area contributed by atoms with E-state index in [1.54, 1.807) is 53.6 Å². The zero-order valence-corrected chi connectivity index (χ0v) is 16.2. The molecule has 3 aromatic heterocycles. The van der Waals surface area contributed by atoms with Crippen molar-refractivity contribution in [3.63, 3.8) is 0 Å². The van der Waals surface area contributed by atoms with E-state index >= 15 is 0 Å². The minimum Gasteiger partial charge on any atom is -0.443 e. The van der Waals surface area contributed by atoms with Crippen molar-refractivity contribution in [2.24, 2.45) is 7.05 Å². The summed E-state index contributed by atoms with van der Waals surface area (Å²) in [5, 5.41) is 2.72. The van der Waals surface area contributed by atoms with Gasteiger partial charge in [-0.2, -0.15) is 0 Å². The Morgan fingerprint density at radius 3 is 2.70 bits per heavy atom. The van der Waals surface area contributed by atoms with Crippen LogP contribution in [0, 0.1) is 6.92 Å². The Balaban J connectivity index is 1.83. The van der Waals surface area contributed by atoms with Crippen LogP contribution in [0.4, 0.5) is 0 Å². The fraction of sp³-hybridized carbons (Fsp3) is 0.316. The van der Waals surface area contributed by atoms with Crippen molar-refractivity contribution < 1.29 is 19.1 Å². The topological polar surface area (TPSA) is 82.5 Å². The number of hydrogen-bond donors (Lipinski definition) is 1. The minimum absolute atomic E-state index is 0.327. The van der Waals surface area contributed by atoms with Gasteiger partial charge < -0.3 is 19.4 Å². The van der Waals surface area contributed by atoms with E-state index in [9.17, 15) is 9.59 Å². The molecule has 1 N–H and O–H groups in total. The van der Waals surface area contributed by atoms with Crippen LogP contribution in [-0.2, 0) is 21.3 Å². The van der Waals surface area contributed by atoms with Crippen LogP contribution in [0.3, 0.4) is 0 Å². The van der Waals surface area contributed by atoms with E-state index in [1.807, 2.05) is 20.0 Å². The molecule has 1 amide bonds. The summed E-state index contributed by atoms with van der Waals surface area (Å²) in [6, 6.07) is 7.12. The quantitative estimate of drug-likeness (QED) is 0.498. The highest BCUT2D eigenvalue weighted by Crippen LogP contribution is 2.29. The van der Waals surface area contributed by atoms with E-state index in [0.717, 1.165) is 10.2 Å². The van der Waals surface area contributed by atoms with Gasteiger partial charge in [0.25, 0.3) is 5.91 Å². The molecule has 0 spiro atoms. The van der Waals surface area contributed by atoms with Crippen LogP contribution in [-0.4, -0.2) is 41.7 Å².